The van der Waals surface area contributed by atoms with Gasteiger partial charge in [-0.25, -0.2) is 0 Å². The summed E-state index contributed by atoms with van der Waals surface area (Å²) in [6.45, 7) is 4.33. The Morgan fingerprint density at radius 3 is 2.79 bits per heavy atom. The predicted molar refractivity (Wildman–Crippen MR) is 109 cm³/mol. The van der Waals surface area contributed by atoms with E-state index >= 15 is 0 Å². The van der Waals surface area contributed by atoms with Crippen molar-refractivity contribution in [1.29, 1.82) is 0 Å². The number of ketones is 1. The molecule has 0 spiro atoms. The molecule has 0 amide bonds. The van der Waals surface area contributed by atoms with E-state index < -0.39 is 0 Å². The molecule has 29 heavy (non-hydrogen) atoms. The van der Waals surface area contributed by atoms with Gasteiger partial charge in [0.2, 0.25) is 5.75 Å². The summed E-state index contributed by atoms with van der Waals surface area (Å²) >= 11 is 0. The van der Waals surface area contributed by atoms with Crippen LogP contribution in [-0.2, 0) is 0 Å². The SMILES string of the molecule is COc1cc2c(cc1[OH+]C)OC[C@H]1Oc3c(ccc4c3C=CC(C)(C)O4)C(=[OH+])[C@@H]21. The fourth-order valence-electron chi connectivity index (χ4n) is 4.24. The predicted octanol–water partition coefficient (Wildman–Crippen LogP) is 3.58. The average Bonchev–Trinajstić information content (AvgIpc) is 2.71. The van der Waals surface area contributed by atoms with Gasteiger partial charge in [-0.15, -0.1) is 0 Å². The van der Waals surface area contributed by atoms with Crippen molar-refractivity contribution in [2.75, 3.05) is 20.8 Å². The van der Waals surface area contributed by atoms with E-state index in [9.17, 15) is 4.79 Å². The molecule has 6 nitrogen and oxygen atoms in total. The van der Waals surface area contributed by atoms with Crippen molar-refractivity contribution in [2.24, 2.45) is 0 Å². The molecule has 0 aromatic heterocycles. The van der Waals surface area contributed by atoms with Gasteiger partial charge in [-0.05, 0) is 44.2 Å². The molecule has 0 radical (unpaired) electrons. The summed E-state index contributed by atoms with van der Waals surface area (Å²) in [5.41, 5.74) is 1.97. The number of hydrogen-bond donors (Lipinski definition) is 0. The Kier molecular flexibility index (Phi) is 3.81. The minimum absolute atomic E-state index is 0.269. The van der Waals surface area contributed by atoms with Crippen molar-refractivity contribution >= 4 is 11.9 Å². The Morgan fingerprint density at radius 2 is 2.03 bits per heavy atom. The Balaban J connectivity index is 1.61. The van der Waals surface area contributed by atoms with Crippen LogP contribution in [0.5, 0.6) is 28.7 Å². The number of aliphatic hydroxyl groups is 1. The third-order valence-corrected chi connectivity index (χ3v) is 5.68. The van der Waals surface area contributed by atoms with Gasteiger partial charge in [0, 0.05) is 5.56 Å². The van der Waals surface area contributed by atoms with Crippen LogP contribution in [0.3, 0.4) is 0 Å². The largest absolute Gasteiger partial charge is 0.582 e. The second-order valence-corrected chi connectivity index (χ2v) is 8.01. The van der Waals surface area contributed by atoms with Crippen LogP contribution in [0.2, 0.25) is 0 Å². The molecule has 2 atom stereocenters. The summed E-state index contributed by atoms with van der Waals surface area (Å²) in [5.74, 6) is 3.34. The fraction of sp³-hybridized carbons (Fsp3) is 0.348. The van der Waals surface area contributed by atoms with Crippen LogP contribution in [0.25, 0.3) is 6.08 Å². The number of fused-ring (bicyclic) bond motifs is 6. The Morgan fingerprint density at radius 1 is 1.21 bits per heavy atom. The van der Waals surface area contributed by atoms with Crippen molar-refractivity contribution < 1.29 is 28.5 Å². The van der Waals surface area contributed by atoms with Crippen molar-refractivity contribution in [1.82, 2.24) is 0 Å². The smallest absolute Gasteiger partial charge is 0.338 e. The molecule has 0 saturated carbocycles. The first-order valence-electron chi connectivity index (χ1n) is 9.64. The lowest BCUT2D eigenvalue weighted by Crippen LogP contribution is -2.43. The van der Waals surface area contributed by atoms with Crippen LogP contribution >= 0.6 is 0 Å². The highest BCUT2D eigenvalue weighted by molar-refractivity contribution is 6.07. The molecule has 5 rings (SSSR count). The number of benzene rings is 2. The van der Waals surface area contributed by atoms with Crippen molar-refractivity contribution in [2.45, 2.75) is 31.5 Å². The van der Waals surface area contributed by atoms with Gasteiger partial charge in [-0.1, -0.05) is 0 Å². The van der Waals surface area contributed by atoms with Gasteiger partial charge in [-0.3, -0.25) is 4.79 Å². The second-order valence-electron chi connectivity index (χ2n) is 8.01. The van der Waals surface area contributed by atoms with Gasteiger partial charge in [-0.2, -0.15) is 0 Å². The molecule has 3 aliphatic rings. The number of aromatic hydroxyl groups is 1. The van der Waals surface area contributed by atoms with E-state index in [0.29, 0.717) is 35.2 Å². The van der Waals surface area contributed by atoms with Crippen molar-refractivity contribution in [3.63, 3.8) is 0 Å². The first-order valence-corrected chi connectivity index (χ1v) is 9.64. The zero-order valence-electron chi connectivity index (χ0n) is 16.9. The Labute approximate surface area is 169 Å². The van der Waals surface area contributed by atoms with E-state index in [1.165, 1.54) is 0 Å². The van der Waals surface area contributed by atoms with Gasteiger partial charge in [0.05, 0.1) is 18.7 Å². The van der Waals surface area contributed by atoms with E-state index in [-0.39, 0.29) is 23.4 Å². The molecule has 0 bridgehead atoms. The summed E-state index contributed by atoms with van der Waals surface area (Å²) in [6, 6.07) is 7.47. The monoisotopic (exact) mass is 396 g/mol. The molecule has 0 unspecified atom stereocenters. The minimum atomic E-state index is -0.379. The topological polar surface area (TPSA) is 71.1 Å². The number of ether oxygens (including phenoxy) is 5. The summed E-state index contributed by atoms with van der Waals surface area (Å²) in [5, 5.41) is 0. The summed E-state index contributed by atoms with van der Waals surface area (Å²) in [4.78, 5) is 11.2. The lowest BCUT2D eigenvalue weighted by atomic mass is 9.81. The third kappa shape index (κ3) is 2.66. The molecular formula is C23H24O6+2. The van der Waals surface area contributed by atoms with Crippen LogP contribution in [0.15, 0.2) is 30.3 Å². The lowest BCUT2D eigenvalue weighted by molar-refractivity contribution is 0.0913. The Bertz CT molecular complexity index is 1050. The fourth-order valence-corrected chi connectivity index (χ4v) is 4.24. The maximum Gasteiger partial charge on any atom is 0.338 e. The normalized spacial score (nSPS) is 22.7. The van der Waals surface area contributed by atoms with Gasteiger partial charge in [0.25, 0.3) is 0 Å². The molecule has 0 aliphatic carbocycles. The van der Waals surface area contributed by atoms with E-state index in [4.69, 9.17) is 18.9 Å². The van der Waals surface area contributed by atoms with Crippen molar-refractivity contribution in [3.05, 3.63) is 47.0 Å². The number of methoxy groups -OCH3 is 1. The molecule has 3 aliphatic heterocycles. The highest BCUT2D eigenvalue weighted by atomic mass is 16.5. The van der Waals surface area contributed by atoms with Crippen LogP contribution in [0.1, 0.15) is 36.5 Å². The highest BCUT2D eigenvalue weighted by Crippen LogP contribution is 2.49. The molecule has 3 heterocycles. The summed E-state index contributed by atoms with van der Waals surface area (Å²) < 4.78 is 28.1. The minimum Gasteiger partial charge on any atom is -0.582 e. The van der Waals surface area contributed by atoms with E-state index in [0.717, 1.165) is 16.9 Å². The zero-order chi connectivity index (χ0) is 20.3. The maximum atomic E-state index is 11.2. The third-order valence-electron chi connectivity index (χ3n) is 5.68. The lowest BCUT2D eigenvalue weighted by Gasteiger charge is -2.36. The second kappa shape index (κ2) is 6.17. The van der Waals surface area contributed by atoms with Gasteiger partial charge >= 0.3 is 11.5 Å². The van der Waals surface area contributed by atoms with Gasteiger partial charge < -0.3 is 23.7 Å². The Hall–Kier alpha value is -3.15. The summed E-state index contributed by atoms with van der Waals surface area (Å²) in [6.07, 6.45) is 3.65. The molecule has 150 valence electrons. The first kappa shape index (κ1) is 17.9. The molecule has 2 N–H and O–H groups in total. The van der Waals surface area contributed by atoms with Crippen molar-refractivity contribution in [3.8, 4) is 28.7 Å². The van der Waals surface area contributed by atoms with Crippen LogP contribution in [-0.4, -0.2) is 47.8 Å². The maximum absolute atomic E-state index is 11.2. The number of hydrogen-bond acceptors (Lipinski definition) is 4. The van der Waals surface area contributed by atoms with Gasteiger partial charge in [0.1, 0.15) is 40.9 Å². The quantitative estimate of drug-likeness (QED) is 0.728. The summed E-state index contributed by atoms with van der Waals surface area (Å²) in [7, 11) is 3.31. The van der Waals surface area contributed by atoms with E-state index in [2.05, 4.69) is 4.74 Å². The number of rotatable bonds is 2. The highest BCUT2D eigenvalue weighted by Gasteiger charge is 2.49. The molecule has 2 aromatic carbocycles. The molecule has 0 saturated heterocycles. The zero-order valence-corrected chi connectivity index (χ0v) is 16.9. The van der Waals surface area contributed by atoms with Crippen LogP contribution in [0, 0.1) is 0 Å². The molecule has 6 heteroatoms. The first-order chi connectivity index (χ1) is 13.9. The molecular weight excluding hydrogens is 372 g/mol. The van der Waals surface area contributed by atoms with Crippen LogP contribution in [0.4, 0.5) is 0 Å². The van der Waals surface area contributed by atoms with E-state index in [1.807, 2.05) is 50.3 Å². The average molecular weight is 396 g/mol. The van der Waals surface area contributed by atoms with Gasteiger partial charge in [0.15, 0.2) is 13.2 Å². The standard InChI is InChI=1S/C23H22O6/c1-23(2)8-7-12-15(29-23)6-5-13-21(24)20-14-9-17(25-3)18(26-4)10-16(14)27-11-19(20)28-22(12)13/h5-10,19-20H,11H2,1-4H3/p+2/t19-,20+/m1/s1. The van der Waals surface area contributed by atoms with E-state index in [1.54, 1.807) is 14.2 Å². The van der Waals surface area contributed by atoms with Crippen LogP contribution < -0.4 is 18.9 Å². The number of carbonyl (C=O) groups excluding carboxylic acids is 1. The molecule has 0 fully saturated rings. The molecule has 2 aromatic rings.